The van der Waals surface area contributed by atoms with E-state index in [2.05, 4.69) is 5.32 Å². The highest BCUT2D eigenvalue weighted by Gasteiger charge is 2.24. The lowest BCUT2D eigenvalue weighted by Gasteiger charge is -2.19. The maximum atomic E-state index is 13.7. The van der Waals surface area contributed by atoms with E-state index in [9.17, 15) is 12.8 Å². The third-order valence-electron chi connectivity index (χ3n) is 3.20. The van der Waals surface area contributed by atoms with E-state index in [1.54, 1.807) is 43.4 Å². The molecule has 0 aliphatic heterocycles. The number of para-hydroxylation sites is 1. The molecule has 0 spiro atoms. The molecule has 0 aliphatic carbocycles. The van der Waals surface area contributed by atoms with Crippen LogP contribution in [0.1, 0.15) is 5.56 Å². The van der Waals surface area contributed by atoms with E-state index >= 15 is 0 Å². The van der Waals surface area contributed by atoms with E-state index in [4.69, 9.17) is 0 Å². The Labute approximate surface area is 124 Å². The van der Waals surface area contributed by atoms with E-state index in [1.165, 1.54) is 19.2 Å². The highest BCUT2D eigenvalue weighted by atomic mass is 32.2. The first-order valence-corrected chi connectivity index (χ1v) is 7.87. The van der Waals surface area contributed by atoms with Crippen LogP contribution < -0.4 is 5.32 Å². The number of nitrogens with one attached hydrogen (secondary N) is 1. The summed E-state index contributed by atoms with van der Waals surface area (Å²) < 4.78 is 40.0. The molecule has 0 saturated heterocycles. The smallest absolute Gasteiger partial charge is 0.245 e. The van der Waals surface area contributed by atoms with Gasteiger partial charge in [-0.25, -0.2) is 12.8 Å². The second kappa shape index (κ2) is 6.24. The number of rotatable bonds is 5. The first kappa shape index (κ1) is 15.5. The van der Waals surface area contributed by atoms with Gasteiger partial charge in [0.2, 0.25) is 10.0 Å². The molecule has 4 nitrogen and oxygen atoms in total. The maximum absolute atomic E-state index is 13.7. The van der Waals surface area contributed by atoms with Crippen LogP contribution in [-0.2, 0) is 16.6 Å². The third-order valence-corrected chi connectivity index (χ3v) is 5.06. The summed E-state index contributed by atoms with van der Waals surface area (Å²) in [5.74, 6) is -0.415. The Morgan fingerprint density at radius 1 is 1.10 bits per heavy atom. The SMILES string of the molecule is CNc1ccccc1S(=O)(=O)N(C)Cc1ccccc1F. The summed E-state index contributed by atoms with van der Waals surface area (Å²) in [6.07, 6.45) is 0. The van der Waals surface area contributed by atoms with Gasteiger partial charge in [-0.3, -0.25) is 0 Å². The zero-order valence-electron chi connectivity index (χ0n) is 11.9. The van der Waals surface area contributed by atoms with E-state index in [0.29, 0.717) is 11.3 Å². The van der Waals surface area contributed by atoms with Crippen molar-refractivity contribution in [1.29, 1.82) is 0 Å². The molecule has 0 amide bonds. The molecule has 6 heteroatoms. The predicted octanol–water partition coefficient (Wildman–Crippen LogP) is 2.69. The van der Waals surface area contributed by atoms with Crippen molar-refractivity contribution >= 4 is 15.7 Å². The van der Waals surface area contributed by atoms with Crippen molar-refractivity contribution in [3.63, 3.8) is 0 Å². The topological polar surface area (TPSA) is 49.4 Å². The number of anilines is 1. The Kier molecular flexibility index (Phi) is 4.59. The van der Waals surface area contributed by atoms with Crippen molar-refractivity contribution in [2.75, 3.05) is 19.4 Å². The summed E-state index contributed by atoms with van der Waals surface area (Å²) in [7, 11) is -0.596. The van der Waals surface area contributed by atoms with E-state index in [-0.39, 0.29) is 11.4 Å². The summed E-state index contributed by atoms with van der Waals surface area (Å²) in [6, 6.07) is 12.8. The Hall–Kier alpha value is -1.92. The standard InChI is InChI=1S/C15H17FN2O2S/c1-17-14-9-5-6-10-15(14)21(19,20)18(2)11-12-7-3-4-8-13(12)16/h3-10,17H,11H2,1-2H3. The van der Waals surface area contributed by atoms with Crippen molar-refractivity contribution in [2.24, 2.45) is 0 Å². The fourth-order valence-electron chi connectivity index (χ4n) is 2.02. The van der Waals surface area contributed by atoms with Crippen LogP contribution in [0.2, 0.25) is 0 Å². The van der Waals surface area contributed by atoms with Gasteiger partial charge in [0, 0.05) is 26.2 Å². The molecule has 0 heterocycles. The van der Waals surface area contributed by atoms with Crippen molar-refractivity contribution < 1.29 is 12.8 Å². The molecule has 2 aromatic rings. The summed E-state index contributed by atoms with van der Waals surface area (Å²) >= 11 is 0. The molecule has 1 N–H and O–H groups in total. The van der Waals surface area contributed by atoms with Gasteiger partial charge in [-0.2, -0.15) is 4.31 Å². The zero-order valence-corrected chi connectivity index (χ0v) is 12.7. The van der Waals surface area contributed by atoms with Crippen molar-refractivity contribution in [2.45, 2.75) is 11.4 Å². The second-order valence-corrected chi connectivity index (χ2v) is 6.61. The van der Waals surface area contributed by atoms with Crippen LogP contribution >= 0.6 is 0 Å². The van der Waals surface area contributed by atoms with Gasteiger partial charge >= 0.3 is 0 Å². The van der Waals surface area contributed by atoms with Gasteiger partial charge in [-0.05, 0) is 18.2 Å². The second-order valence-electron chi connectivity index (χ2n) is 4.60. The van der Waals surface area contributed by atoms with Crippen LogP contribution in [0.25, 0.3) is 0 Å². The molecule has 2 aromatic carbocycles. The Bertz CT molecular complexity index is 732. The minimum absolute atomic E-state index is 0.0208. The van der Waals surface area contributed by atoms with Crippen molar-refractivity contribution in [3.8, 4) is 0 Å². The Balaban J connectivity index is 2.33. The molecule has 112 valence electrons. The molecular formula is C15H17FN2O2S. The lowest BCUT2D eigenvalue weighted by atomic mass is 10.2. The molecule has 0 radical (unpaired) electrons. The number of hydrogen-bond acceptors (Lipinski definition) is 3. The van der Waals surface area contributed by atoms with Gasteiger partial charge in [-0.1, -0.05) is 30.3 Å². The van der Waals surface area contributed by atoms with Gasteiger partial charge in [-0.15, -0.1) is 0 Å². The van der Waals surface area contributed by atoms with Crippen molar-refractivity contribution in [3.05, 3.63) is 59.9 Å². The van der Waals surface area contributed by atoms with Gasteiger partial charge in [0.05, 0.1) is 5.69 Å². The quantitative estimate of drug-likeness (QED) is 0.924. The average molecular weight is 308 g/mol. The van der Waals surface area contributed by atoms with Crippen molar-refractivity contribution in [1.82, 2.24) is 4.31 Å². The van der Waals surface area contributed by atoms with Crippen LogP contribution in [0.3, 0.4) is 0 Å². The Morgan fingerprint density at radius 2 is 1.71 bits per heavy atom. The number of benzene rings is 2. The molecular weight excluding hydrogens is 291 g/mol. The van der Waals surface area contributed by atoms with Crippen LogP contribution in [0.5, 0.6) is 0 Å². The van der Waals surface area contributed by atoms with Gasteiger partial charge in [0.1, 0.15) is 10.7 Å². The van der Waals surface area contributed by atoms with Gasteiger partial charge in [0.15, 0.2) is 0 Å². The maximum Gasteiger partial charge on any atom is 0.245 e. The molecule has 0 atom stereocenters. The molecule has 2 rings (SSSR count). The van der Waals surface area contributed by atoms with Gasteiger partial charge in [0.25, 0.3) is 0 Å². The minimum Gasteiger partial charge on any atom is -0.387 e. The molecule has 0 unspecified atom stereocenters. The summed E-state index contributed by atoms with van der Waals surface area (Å²) in [5, 5.41) is 2.85. The monoisotopic (exact) mass is 308 g/mol. The highest BCUT2D eigenvalue weighted by molar-refractivity contribution is 7.89. The van der Waals surface area contributed by atoms with E-state index < -0.39 is 15.8 Å². The van der Waals surface area contributed by atoms with Gasteiger partial charge < -0.3 is 5.32 Å². The Morgan fingerprint density at radius 3 is 2.38 bits per heavy atom. The summed E-state index contributed by atoms with van der Waals surface area (Å²) in [6.45, 7) is -0.0208. The molecule has 0 aliphatic rings. The summed E-state index contributed by atoms with van der Waals surface area (Å²) in [5.41, 5.74) is 0.850. The van der Waals surface area contributed by atoms with E-state index in [1.807, 2.05) is 0 Å². The molecule has 0 bridgehead atoms. The lowest BCUT2D eigenvalue weighted by molar-refractivity contribution is 0.456. The highest BCUT2D eigenvalue weighted by Crippen LogP contribution is 2.24. The largest absolute Gasteiger partial charge is 0.387 e. The fourth-order valence-corrected chi connectivity index (χ4v) is 3.36. The first-order valence-electron chi connectivity index (χ1n) is 6.43. The number of nitrogens with zero attached hydrogens (tertiary/aromatic N) is 1. The fraction of sp³-hybridized carbons (Fsp3) is 0.200. The number of sulfonamides is 1. The zero-order chi connectivity index (χ0) is 15.5. The average Bonchev–Trinajstić information content (AvgIpc) is 2.49. The minimum atomic E-state index is -3.69. The van der Waals surface area contributed by atoms with Crippen LogP contribution in [0.4, 0.5) is 10.1 Å². The predicted molar refractivity (Wildman–Crippen MR) is 81.0 cm³/mol. The van der Waals surface area contributed by atoms with Crippen LogP contribution in [0.15, 0.2) is 53.4 Å². The van der Waals surface area contributed by atoms with E-state index in [0.717, 1.165) is 4.31 Å². The molecule has 0 aromatic heterocycles. The third kappa shape index (κ3) is 3.22. The first-order chi connectivity index (χ1) is 9.96. The molecule has 0 saturated carbocycles. The number of halogens is 1. The van der Waals surface area contributed by atoms with Crippen LogP contribution in [0, 0.1) is 5.82 Å². The van der Waals surface area contributed by atoms with Crippen LogP contribution in [-0.4, -0.2) is 26.8 Å². The lowest BCUT2D eigenvalue weighted by Crippen LogP contribution is -2.27. The molecule has 0 fully saturated rings. The summed E-state index contributed by atoms with van der Waals surface area (Å²) in [4.78, 5) is 0.173. The molecule has 21 heavy (non-hydrogen) atoms. The number of hydrogen-bond donors (Lipinski definition) is 1. The normalized spacial score (nSPS) is 11.6.